The SMILES string of the molecule is CCC#Cc1ccc(C#Cc2ccc(CC)cc2)cc1. The lowest BCUT2D eigenvalue weighted by Crippen LogP contribution is -1.81. The molecule has 0 aliphatic rings. The van der Waals surface area contributed by atoms with Gasteiger partial charge in [0.25, 0.3) is 0 Å². The molecule has 0 aliphatic carbocycles. The molecule has 0 nitrogen and oxygen atoms in total. The van der Waals surface area contributed by atoms with Crippen molar-refractivity contribution in [2.75, 3.05) is 0 Å². The smallest absolute Gasteiger partial charge is 0.0249 e. The highest BCUT2D eigenvalue weighted by atomic mass is 13.9. The molecule has 2 aromatic rings. The average molecular weight is 258 g/mol. The van der Waals surface area contributed by atoms with E-state index in [1.54, 1.807) is 0 Å². The van der Waals surface area contributed by atoms with Crippen LogP contribution in [0.2, 0.25) is 0 Å². The van der Waals surface area contributed by atoms with Crippen molar-refractivity contribution in [1.29, 1.82) is 0 Å². The zero-order valence-corrected chi connectivity index (χ0v) is 12.0. The topological polar surface area (TPSA) is 0 Å². The number of benzene rings is 2. The maximum absolute atomic E-state index is 3.19. The second-order valence-electron chi connectivity index (χ2n) is 4.53. The second kappa shape index (κ2) is 7.22. The van der Waals surface area contributed by atoms with Gasteiger partial charge in [0.05, 0.1) is 0 Å². The molecule has 0 saturated heterocycles. The van der Waals surface area contributed by atoms with Crippen molar-refractivity contribution in [2.24, 2.45) is 0 Å². The van der Waals surface area contributed by atoms with Gasteiger partial charge in [0.1, 0.15) is 0 Å². The Balaban J connectivity index is 2.11. The molecular weight excluding hydrogens is 240 g/mol. The zero-order chi connectivity index (χ0) is 14.2. The highest BCUT2D eigenvalue weighted by Gasteiger charge is 1.90. The van der Waals surface area contributed by atoms with Gasteiger partial charge in [0.2, 0.25) is 0 Å². The molecule has 2 rings (SSSR count). The molecule has 0 amide bonds. The Labute approximate surface area is 121 Å². The third-order valence-electron chi connectivity index (χ3n) is 3.01. The van der Waals surface area contributed by atoms with Crippen molar-refractivity contribution in [2.45, 2.75) is 26.7 Å². The van der Waals surface area contributed by atoms with Crippen LogP contribution < -0.4 is 0 Å². The number of hydrogen-bond acceptors (Lipinski definition) is 0. The van der Waals surface area contributed by atoms with E-state index in [9.17, 15) is 0 Å². The maximum Gasteiger partial charge on any atom is 0.0249 e. The Bertz CT molecular complexity index is 665. The van der Waals surface area contributed by atoms with E-state index in [0.717, 1.165) is 29.5 Å². The van der Waals surface area contributed by atoms with Crippen LogP contribution in [0.3, 0.4) is 0 Å². The standard InChI is InChI=1S/C20H18/c1-3-5-6-18-11-13-20(14-12-18)16-15-19-9-7-17(4-2)8-10-19/h7-14H,3-4H2,1-2H3. The maximum atomic E-state index is 3.19. The minimum Gasteiger partial charge on any atom is -0.0982 e. The van der Waals surface area contributed by atoms with Crippen LogP contribution in [0.5, 0.6) is 0 Å². The summed E-state index contributed by atoms with van der Waals surface area (Å²) in [7, 11) is 0. The van der Waals surface area contributed by atoms with E-state index in [1.807, 2.05) is 24.3 Å². The van der Waals surface area contributed by atoms with E-state index in [-0.39, 0.29) is 0 Å². The lowest BCUT2D eigenvalue weighted by Gasteiger charge is -1.95. The minimum atomic E-state index is 0.884. The van der Waals surface area contributed by atoms with Gasteiger partial charge in [-0.25, -0.2) is 0 Å². The van der Waals surface area contributed by atoms with E-state index in [1.165, 1.54) is 5.56 Å². The van der Waals surface area contributed by atoms with Crippen LogP contribution in [0.15, 0.2) is 48.5 Å². The van der Waals surface area contributed by atoms with E-state index < -0.39 is 0 Å². The fourth-order valence-electron chi connectivity index (χ4n) is 1.80. The van der Waals surface area contributed by atoms with Gasteiger partial charge in [0.15, 0.2) is 0 Å². The summed E-state index contributed by atoms with van der Waals surface area (Å²) in [4.78, 5) is 0. The molecule has 0 N–H and O–H groups in total. The van der Waals surface area contributed by atoms with Crippen molar-refractivity contribution in [3.05, 3.63) is 70.8 Å². The van der Waals surface area contributed by atoms with Crippen LogP contribution in [0.25, 0.3) is 0 Å². The Morgan fingerprint density at radius 1 is 0.650 bits per heavy atom. The zero-order valence-electron chi connectivity index (χ0n) is 12.0. The Kier molecular flexibility index (Phi) is 5.05. The quantitative estimate of drug-likeness (QED) is 0.665. The summed E-state index contributed by atoms with van der Waals surface area (Å²) in [5.41, 5.74) is 4.46. The number of aryl methyl sites for hydroxylation is 1. The van der Waals surface area contributed by atoms with Gasteiger partial charge in [-0.05, 0) is 48.4 Å². The molecule has 0 spiro atoms. The molecule has 0 atom stereocenters. The van der Waals surface area contributed by atoms with Gasteiger partial charge < -0.3 is 0 Å². The van der Waals surface area contributed by atoms with Gasteiger partial charge in [-0.3, -0.25) is 0 Å². The van der Waals surface area contributed by atoms with Crippen LogP contribution >= 0.6 is 0 Å². The first-order valence-electron chi connectivity index (χ1n) is 7.01. The fourth-order valence-corrected chi connectivity index (χ4v) is 1.80. The Morgan fingerprint density at radius 2 is 1.10 bits per heavy atom. The van der Waals surface area contributed by atoms with Crippen molar-refractivity contribution in [1.82, 2.24) is 0 Å². The van der Waals surface area contributed by atoms with Gasteiger partial charge in [0, 0.05) is 23.1 Å². The summed E-state index contributed by atoms with van der Waals surface area (Å²) >= 11 is 0. The highest BCUT2D eigenvalue weighted by molar-refractivity contribution is 5.46. The third-order valence-corrected chi connectivity index (χ3v) is 3.01. The molecule has 0 fully saturated rings. The van der Waals surface area contributed by atoms with Crippen molar-refractivity contribution < 1.29 is 0 Å². The average Bonchev–Trinajstić information content (AvgIpc) is 2.52. The predicted octanol–water partition coefficient (Wildman–Crippen LogP) is 4.41. The summed E-state index contributed by atoms with van der Waals surface area (Å²) in [6.45, 7) is 4.21. The molecule has 0 unspecified atom stereocenters. The first kappa shape index (κ1) is 14.0. The first-order chi connectivity index (χ1) is 9.81. The normalized spacial score (nSPS) is 9.10. The number of hydrogen-bond donors (Lipinski definition) is 0. The van der Waals surface area contributed by atoms with Gasteiger partial charge in [-0.15, -0.1) is 0 Å². The molecule has 2 aromatic carbocycles. The summed E-state index contributed by atoms with van der Waals surface area (Å²) in [6, 6.07) is 16.5. The van der Waals surface area contributed by atoms with E-state index >= 15 is 0 Å². The molecule has 0 bridgehead atoms. The van der Waals surface area contributed by atoms with Gasteiger partial charge in [-0.1, -0.05) is 49.7 Å². The molecule has 98 valence electrons. The largest absolute Gasteiger partial charge is 0.0982 e. The molecule has 0 aromatic heterocycles. The lowest BCUT2D eigenvalue weighted by atomic mass is 10.1. The monoisotopic (exact) mass is 258 g/mol. The Hall–Kier alpha value is -2.44. The van der Waals surface area contributed by atoms with Crippen molar-refractivity contribution >= 4 is 0 Å². The molecular formula is C20H18. The molecule has 0 radical (unpaired) electrons. The van der Waals surface area contributed by atoms with E-state index in [0.29, 0.717) is 0 Å². The molecule has 0 aliphatic heterocycles. The lowest BCUT2D eigenvalue weighted by molar-refractivity contribution is 1.14. The van der Waals surface area contributed by atoms with Crippen LogP contribution in [-0.2, 0) is 6.42 Å². The third kappa shape index (κ3) is 4.04. The summed E-state index contributed by atoms with van der Waals surface area (Å²) in [5.74, 6) is 12.5. The summed E-state index contributed by atoms with van der Waals surface area (Å²) in [5, 5.41) is 0. The predicted molar refractivity (Wildman–Crippen MR) is 85.4 cm³/mol. The summed E-state index contributed by atoms with van der Waals surface area (Å²) < 4.78 is 0. The minimum absolute atomic E-state index is 0.884. The Morgan fingerprint density at radius 3 is 1.55 bits per heavy atom. The highest BCUT2D eigenvalue weighted by Crippen LogP contribution is 2.05. The van der Waals surface area contributed by atoms with Crippen molar-refractivity contribution in [3.63, 3.8) is 0 Å². The molecule has 0 heteroatoms. The molecule has 20 heavy (non-hydrogen) atoms. The van der Waals surface area contributed by atoms with Crippen LogP contribution in [0.1, 0.15) is 42.5 Å². The van der Waals surface area contributed by atoms with Gasteiger partial charge in [-0.2, -0.15) is 0 Å². The first-order valence-corrected chi connectivity index (χ1v) is 7.01. The van der Waals surface area contributed by atoms with E-state index in [2.05, 4.69) is 61.8 Å². The fraction of sp³-hybridized carbons (Fsp3) is 0.200. The van der Waals surface area contributed by atoms with Crippen molar-refractivity contribution in [3.8, 4) is 23.7 Å². The number of rotatable bonds is 1. The molecule has 0 saturated carbocycles. The molecule has 0 heterocycles. The van der Waals surface area contributed by atoms with Crippen LogP contribution in [-0.4, -0.2) is 0 Å². The van der Waals surface area contributed by atoms with Crippen LogP contribution in [0, 0.1) is 23.7 Å². The van der Waals surface area contributed by atoms with E-state index in [4.69, 9.17) is 0 Å². The van der Waals surface area contributed by atoms with Gasteiger partial charge >= 0.3 is 0 Å². The van der Waals surface area contributed by atoms with Crippen LogP contribution in [0.4, 0.5) is 0 Å². The summed E-state index contributed by atoms with van der Waals surface area (Å²) in [6.07, 6.45) is 1.95. The second-order valence-corrected chi connectivity index (χ2v) is 4.53.